The van der Waals surface area contributed by atoms with E-state index < -0.39 is 32.2 Å². The topological polar surface area (TPSA) is 88.0 Å². The smallest absolute Gasteiger partial charge is 0.299 e. The van der Waals surface area contributed by atoms with Crippen LogP contribution < -0.4 is 4.72 Å². The summed E-state index contributed by atoms with van der Waals surface area (Å²) in [5.74, 6) is -0.489. The molecule has 0 bridgehead atoms. The standard InChI is InChI=1S/C27H29FN2O4S/c1-26(2)27(3,21-15-13-20(14-16-21)19-9-5-4-6-10-19)35(32,33)30-25(34-26)29-24(17-18-31)22-11-7-8-12-23(22)28/h4-16,24,31H,17-18H2,1-3H3,(H,29,30). The van der Waals surface area contributed by atoms with Crippen LogP contribution in [0.3, 0.4) is 0 Å². The molecule has 2 atom stereocenters. The molecule has 1 aliphatic rings. The summed E-state index contributed by atoms with van der Waals surface area (Å²) in [7, 11) is -4.03. The van der Waals surface area contributed by atoms with Gasteiger partial charge < -0.3 is 9.84 Å². The molecule has 0 spiro atoms. The molecule has 184 valence electrons. The number of aliphatic hydroxyl groups excluding tert-OH is 1. The predicted molar refractivity (Wildman–Crippen MR) is 135 cm³/mol. The average molecular weight is 497 g/mol. The minimum absolute atomic E-state index is 0.105. The maximum atomic E-state index is 14.4. The Morgan fingerprint density at radius 3 is 2.14 bits per heavy atom. The zero-order valence-electron chi connectivity index (χ0n) is 19.9. The Morgan fingerprint density at radius 1 is 0.943 bits per heavy atom. The molecule has 0 aromatic heterocycles. The Labute approximate surface area is 205 Å². The first-order chi connectivity index (χ1) is 16.6. The molecule has 2 unspecified atom stereocenters. The number of benzene rings is 3. The molecule has 8 heteroatoms. The lowest BCUT2D eigenvalue weighted by atomic mass is 9.84. The lowest BCUT2D eigenvalue weighted by molar-refractivity contribution is 0.0381. The second-order valence-electron chi connectivity index (χ2n) is 9.18. The van der Waals surface area contributed by atoms with E-state index in [0.29, 0.717) is 5.56 Å². The van der Waals surface area contributed by atoms with Crippen molar-refractivity contribution < 1.29 is 22.7 Å². The van der Waals surface area contributed by atoms with Gasteiger partial charge in [0.2, 0.25) is 10.0 Å². The SMILES string of the molecule is CC1(C)OC(=NC(CCO)c2ccccc2F)NS(=O)(=O)C1(C)c1ccc(-c2ccccc2)cc1. The quantitative estimate of drug-likeness (QED) is 0.507. The van der Waals surface area contributed by atoms with E-state index in [2.05, 4.69) is 9.71 Å². The van der Waals surface area contributed by atoms with E-state index in [-0.39, 0.29) is 24.6 Å². The highest BCUT2D eigenvalue weighted by molar-refractivity contribution is 7.91. The average Bonchev–Trinajstić information content (AvgIpc) is 2.83. The molecule has 1 saturated heterocycles. The molecule has 1 fully saturated rings. The fraction of sp³-hybridized carbons (Fsp3) is 0.296. The number of rotatable bonds is 6. The van der Waals surface area contributed by atoms with Crippen molar-refractivity contribution in [3.8, 4) is 11.1 Å². The largest absolute Gasteiger partial charge is 0.456 e. The Morgan fingerprint density at radius 2 is 1.54 bits per heavy atom. The Bertz CT molecular complexity index is 1320. The Kier molecular flexibility index (Phi) is 6.71. The van der Waals surface area contributed by atoms with E-state index >= 15 is 0 Å². The molecule has 0 aliphatic carbocycles. The lowest BCUT2D eigenvalue weighted by Gasteiger charge is -2.47. The van der Waals surface area contributed by atoms with E-state index in [1.807, 2.05) is 42.5 Å². The number of aliphatic hydroxyl groups is 1. The van der Waals surface area contributed by atoms with Crippen molar-refractivity contribution in [1.82, 2.24) is 4.72 Å². The summed E-state index contributed by atoms with van der Waals surface area (Å²) in [6.07, 6.45) is 0.105. The van der Waals surface area contributed by atoms with Crippen molar-refractivity contribution in [2.24, 2.45) is 4.99 Å². The molecule has 6 nitrogen and oxygen atoms in total. The number of ether oxygens (including phenoxy) is 1. The van der Waals surface area contributed by atoms with Gasteiger partial charge in [0.05, 0.1) is 6.04 Å². The Balaban J connectivity index is 1.70. The lowest BCUT2D eigenvalue weighted by Crippen LogP contribution is -2.63. The molecule has 4 rings (SSSR count). The number of amidine groups is 1. The highest BCUT2D eigenvalue weighted by Gasteiger charge is 2.59. The number of aliphatic imine (C=N–C) groups is 1. The van der Waals surface area contributed by atoms with Gasteiger partial charge in [-0.2, -0.15) is 0 Å². The number of nitrogens with zero attached hydrogens (tertiary/aromatic N) is 1. The van der Waals surface area contributed by atoms with E-state index in [0.717, 1.165) is 11.1 Å². The van der Waals surface area contributed by atoms with Crippen LogP contribution >= 0.6 is 0 Å². The van der Waals surface area contributed by atoms with Crippen LogP contribution in [-0.2, 0) is 19.5 Å². The molecule has 1 aliphatic heterocycles. The summed E-state index contributed by atoms with van der Waals surface area (Å²) in [6.45, 7) is 4.75. The van der Waals surface area contributed by atoms with E-state index in [1.165, 1.54) is 6.07 Å². The van der Waals surface area contributed by atoms with Crippen LogP contribution in [0.5, 0.6) is 0 Å². The first-order valence-electron chi connectivity index (χ1n) is 11.4. The second kappa shape index (κ2) is 9.43. The van der Waals surface area contributed by atoms with Gasteiger partial charge in [-0.15, -0.1) is 0 Å². The van der Waals surface area contributed by atoms with Gasteiger partial charge >= 0.3 is 0 Å². The van der Waals surface area contributed by atoms with Crippen molar-refractivity contribution in [1.29, 1.82) is 0 Å². The van der Waals surface area contributed by atoms with Crippen molar-refractivity contribution in [3.63, 3.8) is 0 Å². The molecule has 3 aromatic rings. The maximum absolute atomic E-state index is 14.4. The molecule has 1 heterocycles. The summed E-state index contributed by atoms with van der Waals surface area (Å²) < 4.78 is 48.8. The third kappa shape index (κ3) is 4.56. The van der Waals surface area contributed by atoms with Crippen molar-refractivity contribution in [2.45, 2.75) is 43.6 Å². The van der Waals surface area contributed by atoms with Gasteiger partial charge in [0.15, 0.2) is 4.75 Å². The van der Waals surface area contributed by atoms with Crippen LogP contribution in [0.15, 0.2) is 83.9 Å². The fourth-order valence-electron chi connectivity index (χ4n) is 4.37. The van der Waals surface area contributed by atoms with E-state index in [4.69, 9.17) is 4.74 Å². The fourth-order valence-corrected chi connectivity index (χ4v) is 6.03. The highest BCUT2D eigenvalue weighted by Crippen LogP contribution is 2.45. The molecule has 0 radical (unpaired) electrons. The van der Waals surface area contributed by atoms with E-state index in [9.17, 15) is 17.9 Å². The van der Waals surface area contributed by atoms with Crippen LogP contribution in [0.4, 0.5) is 4.39 Å². The van der Waals surface area contributed by atoms with Crippen LogP contribution in [0.2, 0.25) is 0 Å². The first kappa shape index (κ1) is 24.9. The van der Waals surface area contributed by atoms with Gasteiger partial charge in [-0.25, -0.2) is 22.5 Å². The van der Waals surface area contributed by atoms with Crippen molar-refractivity contribution in [3.05, 3.63) is 95.8 Å². The summed E-state index contributed by atoms with van der Waals surface area (Å²) in [6, 6.07) is 22.2. The molecular formula is C27H29FN2O4S. The van der Waals surface area contributed by atoms with E-state index in [1.54, 1.807) is 51.1 Å². The summed E-state index contributed by atoms with van der Waals surface area (Å²) in [4.78, 5) is 4.36. The number of halogens is 1. The zero-order chi connectivity index (χ0) is 25.3. The molecule has 3 aromatic carbocycles. The monoisotopic (exact) mass is 496 g/mol. The molecular weight excluding hydrogens is 467 g/mol. The molecule has 2 N–H and O–H groups in total. The summed E-state index contributed by atoms with van der Waals surface area (Å²) >= 11 is 0. The molecule has 0 saturated carbocycles. The van der Waals surface area contributed by atoms with Gasteiger partial charge in [0.1, 0.15) is 11.4 Å². The van der Waals surface area contributed by atoms with Crippen molar-refractivity contribution in [2.75, 3.05) is 6.61 Å². The van der Waals surface area contributed by atoms with Crippen molar-refractivity contribution >= 4 is 16.0 Å². The van der Waals surface area contributed by atoms with Crippen LogP contribution in [0, 0.1) is 5.82 Å². The van der Waals surface area contributed by atoms with Gasteiger partial charge in [-0.1, -0.05) is 72.8 Å². The number of hydrogen-bond donors (Lipinski definition) is 2. The van der Waals surface area contributed by atoms with Crippen LogP contribution in [0.25, 0.3) is 11.1 Å². The maximum Gasteiger partial charge on any atom is 0.299 e. The number of hydrogen-bond acceptors (Lipinski definition) is 5. The highest BCUT2D eigenvalue weighted by atomic mass is 32.2. The summed E-state index contributed by atoms with van der Waals surface area (Å²) in [5, 5.41) is 9.49. The molecule has 35 heavy (non-hydrogen) atoms. The normalized spacial score (nSPS) is 22.7. The Hall–Kier alpha value is -3.23. The predicted octanol–water partition coefficient (Wildman–Crippen LogP) is 4.92. The minimum Gasteiger partial charge on any atom is -0.456 e. The van der Waals surface area contributed by atoms with Gasteiger partial charge in [-0.3, -0.25) is 0 Å². The minimum atomic E-state index is -4.03. The van der Waals surface area contributed by atoms with Gasteiger partial charge in [-0.05, 0) is 49.9 Å². The second-order valence-corrected chi connectivity index (χ2v) is 11.2. The third-order valence-electron chi connectivity index (χ3n) is 6.74. The van der Waals surface area contributed by atoms with Crippen LogP contribution in [-0.4, -0.2) is 31.8 Å². The van der Waals surface area contributed by atoms with Crippen LogP contribution in [0.1, 0.15) is 44.4 Å². The third-order valence-corrected chi connectivity index (χ3v) is 8.99. The van der Waals surface area contributed by atoms with Gasteiger partial charge in [0, 0.05) is 12.2 Å². The molecule has 0 amide bonds. The van der Waals surface area contributed by atoms with Gasteiger partial charge in [0.25, 0.3) is 6.02 Å². The summed E-state index contributed by atoms with van der Waals surface area (Å²) in [5.41, 5.74) is 1.59. The number of sulfonamides is 1. The number of nitrogens with one attached hydrogen (secondary N) is 1. The first-order valence-corrected chi connectivity index (χ1v) is 12.9. The zero-order valence-corrected chi connectivity index (χ0v) is 20.7.